The van der Waals surface area contributed by atoms with E-state index in [9.17, 15) is 8.42 Å². The Kier molecular flexibility index (Phi) is 3.47. The van der Waals surface area contributed by atoms with Gasteiger partial charge < -0.3 is 4.57 Å². The molecule has 0 aliphatic heterocycles. The van der Waals surface area contributed by atoms with E-state index in [0.717, 1.165) is 16.3 Å². The van der Waals surface area contributed by atoms with Gasteiger partial charge in [0, 0.05) is 12.5 Å². The van der Waals surface area contributed by atoms with E-state index in [1.807, 2.05) is 30.5 Å². The number of benzene rings is 1. The van der Waals surface area contributed by atoms with Crippen LogP contribution in [0.15, 0.2) is 58.9 Å². The normalized spacial score (nSPS) is 11.7. The van der Waals surface area contributed by atoms with E-state index < -0.39 is 9.84 Å². The van der Waals surface area contributed by atoms with Gasteiger partial charge in [0.1, 0.15) is 0 Å². The minimum Gasteiger partial charge on any atom is -0.308 e. The van der Waals surface area contributed by atoms with Crippen LogP contribution in [0.1, 0.15) is 5.56 Å². The molecule has 0 saturated heterocycles. The highest BCUT2D eigenvalue weighted by Gasteiger charge is 2.10. The van der Waals surface area contributed by atoms with Crippen molar-refractivity contribution in [2.24, 2.45) is 0 Å². The molecule has 0 spiro atoms. The van der Waals surface area contributed by atoms with Crippen molar-refractivity contribution in [2.75, 3.05) is 6.26 Å². The lowest BCUT2D eigenvalue weighted by Gasteiger charge is -2.08. The predicted octanol–water partition coefficient (Wildman–Crippen LogP) is 3.92. The molecule has 2 aromatic heterocycles. The van der Waals surface area contributed by atoms with Gasteiger partial charge in [0.15, 0.2) is 9.84 Å². The van der Waals surface area contributed by atoms with Crippen LogP contribution < -0.4 is 0 Å². The summed E-state index contributed by atoms with van der Waals surface area (Å²) in [7, 11) is -3.15. The Morgan fingerprint density at radius 1 is 1.10 bits per heavy atom. The molecule has 3 rings (SSSR count). The van der Waals surface area contributed by atoms with Crippen molar-refractivity contribution in [2.45, 2.75) is 11.8 Å². The summed E-state index contributed by atoms with van der Waals surface area (Å²) in [6, 6.07) is 13.2. The van der Waals surface area contributed by atoms with Crippen molar-refractivity contribution in [3.63, 3.8) is 0 Å². The molecular weight excluding hydrogens is 302 g/mol. The van der Waals surface area contributed by atoms with Gasteiger partial charge in [0.25, 0.3) is 0 Å². The standard InChI is InChI=1S/C16H15NO2S2/c1-12-10-16(20-11-12)17-9-3-4-15(17)13-5-7-14(8-6-13)21(2,18)19/h3-11H,1-2H3. The first-order valence-electron chi connectivity index (χ1n) is 6.48. The van der Waals surface area contributed by atoms with E-state index in [1.54, 1.807) is 23.5 Å². The molecule has 1 aromatic carbocycles. The molecule has 0 unspecified atom stereocenters. The topological polar surface area (TPSA) is 39.1 Å². The highest BCUT2D eigenvalue weighted by molar-refractivity contribution is 7.90. The number of rotatable bonds is 3. The van der Waals surface area contributed by atoms with Crippen LogP contribution in [0.5, 0.6) is 0 Å². The summed E-state index contributed by atoms with van der Waals surface area (Å²) >= 11 is 1.69. The first kappa shape index (κ1) is 14.1. The second-order valence-corrected chi connectivity index (χ2v) is 7.93. The van der Waals surface area contributed by atoms with Crippen LogP contribution in [0.25, 0.3) is 16.3 Å². The Bertz CT molecular complexity index is 871. The Morgan fingerprint density at radius 3 is 2.38 bits per heavy atom. The van der Waals surface area contributed by atoms with E-state index >= 15 is 0 Å². The zero-order valence-corrected chi connectivity index (χ0v) is 13.4. The fourth-order valence-electron chi connectivity index (χ4n) is 2.22. The van der Waals surface area contributed by atoms with Crippen LogP contribution in [0.4, 0.5) is 0 Å². The number of sulfone groups is 1. The van der Waals surface area contributed by atoms with E-state index in [4.69, 9.17) is 0 Å². The molecule has 5 heteroatoms. The summed E-state index contributed by atoms with van der Waals surface area (Å²) in [4.78, 5) is 0.344. The van der Waals surface area contributed by atoms with Crippen molar-refractivity contribution in [1.82, 2.24) is 4.57 Å². The Labute approximate surface area is 128 Å². The summed E-state index contributed by atoms with van der Waals surface area (Å²) in [6.07, 6.45) is 3.24. The third-order valence-electron chi connectivity index (χ3n) is 3.28. The van der Waals surface area contributed by atoms with Gasteiger partial charge in [-0.05, 0) is 53.8 Å². The van der Waals surface area contributed by atoms with Crippen LogP contribution in [0, 0.1) is 6.92 Å². The zero-order valence-electron chi connectivity index (χ0n) is 11.8. The highest BCUT2D eigenvalue weighted by Crippen LogP contribution is 2.28. The van der Waals surface area contributed by atoms with Gasteiger partial charge in [-0.2, -0.15) is 0 Å². The molecule has 21 heavy (non-hydrogen) atoms. The number of nitrogens with zero attached hydrogens (tertiary/aromatic N) is 1. The largest absolute Gasteiger partial charge is 0.308 e. The van der Waals surface area contributed by atoms with Gasteiger partial charge in [-0.25, -0.2) is 8.42 Å². The molecule has 0 bridgehead atoms. The highest BCUT2D eigenvalue weighted by atomic mass is 32.2. The number of hydrogen-bond acceptors (Lipinski definition) is 3. The van der Waals surface area contributed by atoms with Crippen molar-refractivity contribution >= 4 is 21.2 Å². The molecule has 0 fully saturated rings. The van der Waals surface area contributed by atoms with Gasteiger partial charge in [-0.1, -0.05) is 12.1 Å². The number of hydrogen-bond donors (Lipinski definition) is 0. The third-order valence-corrected chi connectivity index (χ3v) is 5.46. The molecule has 0 radical (unpaired) electrons. The Hall–Kier alpha value is -1.85. The molecule has 0 N–H and O–H groups in total. The Balaban J connectivity index is 2.04. The van der Waals surface area contributed by atoms with E-state index in [-0.39, 0.29) is 0 Å². The lowest BCUT2D eigenvalue weighted by atomic mass is 10.1. The lowest BCUT2D eigenvalue weighted by Crippen LogP contribution is -1.97. The molecule has 0 amide bonds. The maximum atomic E-state index is 11.5. The average Bonchev–Trinajstić information content (AvgIpc) is 3.06. The van der Waals surface area contributed by atoms with Crippen molar-refractivity contribution in [3.8, 4) is 16.3 Å². The summed E-state index contributed by atoms with van der Waals surface area (Å²) < 4.78 is 25.2. The molecular formula is C16H15NO2S2. The zero-order chi connectivity index (χ0) is 15.0. The SMILES string of the molecule is Cc1csc(-n2cccc2-c2ccc(S(C)(=O)=O)cc2)c1. The van der Waals surface area contributed by atoms with Crippen LogP contribution in [0.2, 0.25) is 0 Å². The fraction of sp³-hybridized carbons (Fsp3) is 0.125. The maximum Gasteiger partial charge on any atom is 0.175 e. The molecule has 0 aliphatic rings. The summed E-state index contributed by atoms with van der Waals surface area (Å²) in [6.45, 7) is 2.07. The molecule has 3 nitrogen and oxygen atoms in total. The van der Waals surface area contributed by atoms with E-state index in [1.165, 1.54) is 11.8 Å². The molecule has 0 atom stereocenters. The van der Waals surface area contributed by atoms with Crippen molar-refractivity contribution < 1.29 is 8.42 Å². The average molecular weight is 317 g/mol. The van der Waals surface area contributed by atoms with Crippen LogP contribution in [-0.2, 0) is 9.84 Å². The molecule has 108 valence electrons. The number of thiophene rings is 1. The monoisotopic (exact) mass is 317 g/mol. The van der Waals surface area contributed by atoms with E-state index in [0.29, 0.717) is 4.90 Å². The van der Waals surface area contributed by atoms with Crippen LogP contribution in [-0.4, -0.2) is 19.2 Å². The molecule has 0 saturated carbocycles. The smallest absolute Gasteiger partial charge is 0.175 e. The minimum atomic E-state index is -3.15. The first-order chi connectivity index (χ1) is 9.95. The fourth-order valence-corrected chi connectivity index (χ4v) is 3.76. The third kappa shape index (κ3) is 2.80. The van der Waals surface area contributed by atoms with Gasteiger partial charge >= 0.3 is 0 Å². The Morgan fingerprint density at radius 2 is 1.81 bits per heavy atom. The number of aromatic nitrogens is 1. The van der Waals surface area contributed by atoms with Crippen molar-refractivity contribution in [3.05, 3.63) is 59.6 Å². The lowest BCUT2D eigenvalue weighted by molar-refractivity contribution is 0.602. The second-order valence-electron chi connectivity index (χ2n) is 5.02. The first-order valence-corrected chi connectivity index (χ1v) is 9.25. The van der Waals surface area contributed by atoms with Crippen LogP contribution in [0.3, 0.4) is 0 Å². The summed E-state index contributed by atoms with van der Waals surface area (Å²) in [5, 5.41) is 3.27. The van der Waals surface area contributed by atoms with Crippen molar-refractivity contribution in [1.29, 1.82) is 0 Å². The summed E-state index contributed by atoms with van der Waals surface area (Å²) in [5.74, 6) is 0. The minimum absolute atomic E-state index is 0.344. The van der Waals surface area contributed by atoms with Crippen LogP contribution >= 0.6 is 11.3 Å². The van der Waals surface area contributed by atoms with Gasteiger partial charge in [0.05, 0.1) is 15.6 Å². The van der Waals surface area contributed by atoms with E-state index in [2.05, 4.69) is 22.9 Å². The summed E-state index contributed by atoms with van der Waals surface area (Å²) in [5.41, 5.74) is 3.29. The maximum absolute atomic E-state index is 11.5. The predicted molar refractivity (Wildman–Crippen MR) is 86.9 cm³/mol. The van der Waals surface area contributed by atoms with Gasteiger partial charge in [-0.15, -0.1) is 11.3 Å². The van der Waals surface area contributed by atoms with Gasteiger partial charge in [-0.3, -0.25) is 0 Å². The second kappa shape index (κ2) is 5.16. The number of aryl methyl sites for hydroxylation is 1. The molecule has 2 heterocycles. The molecule has 3 aromatic rings. The van der Waals surface area contributed by atoms with Gasteiger partial charge in [0.2, 0.25) is 0 Å². The quantitative estimate of drug-likeness (QED) is 0.734. The molecule has 0 aliphatic carbocycles.